The van der Waals surface area contributed by atoms with Crippen LogP contribution in [0.4, 0.5) is 0 Å². The van der Waals surface area contributed by atoms with Gasteiger partial charge in [0.2, 0.25) is 0 Å². The Labute approximate surface area is 113 Å². The summed E-state index contributed by atoms with van der Waals surface area (Å²) in [5, 5.41) is 4.06. The van der Waals surface area contributed by atoms with E-state index in [-0.39, 0.29) is 5.92 Å². The molecule has 4 heteroatoms. The van der Waals surface area contributed by atoms with Crippen LogP contribution in [0.2, 0.25) is 0 Å². The fraction of sp³-hybridized carbons (Fsp3) is 0.400. The van der Waals surface area contributed by atoms with Crippen LogP contribution in [0, 0.1) is 6.92 Å². The second kappa shape index (κ2) is 6.38. The number of nitrogens with two attached hydrogens (primary N) is 1. The second-order valence-electron chi connectivity index (χ2n) is 4.58. The van der Waals surface area contributed by atoms with Crippen molar-refractivity contribution in [1.29, 1.82) is 0 Å². The molecule has 0 aliphatic heterocycles. The molecule has 0 amide bonds. The van der Waals surface area contributed by atoms with Gasteiger partial charge in [-0.1, -0.05) is 17.3 Å². The van der Waals surface area contributed by atoms with E-state index < -0.39 is 0 Å². The molecule has 0 saturated heterocycles. The third-order valence-corrected chi connectivity index (χ3v) is 3.04. The van der Waals surface area contributed by atoms with Gasteiger partial charge in [-0.25, -0.2) is 0 Å². The summed E-state index contributed by atoms with van der Waals surface area (Å²) in [6.07, 6.45) is 0.837. The smallest absolute Gasteiger partial charge is 0.133 e. The van der Waals surface area contributed by atoms with Gasteiger partial charge in [-0.15, -0.1) is 0 Å². The molecule has 0 bridgehead atoms. The molecule has 2 aromatic rings. The standard InChI is InChI=1S/C15H20N2O2/c1-3-18-14-6-4-5-12(9-14)8-13(10-16)15-7-11(2)19-17-15/h4-7,9,13H,3,8,10,16H2,1-2H3. The number of ether oxygens (including phenoxy) is 1. The first kappa shape index (κ1) is 13.6. The molecule has 1 aromatic heterocycles. The lowest BCUT2D eigenvalue weighted by Crippen LogP contribution is -2.15. The van der Waals surface area contributed by atoms with Crippen molar-refractivity contribution in [3.63, 3.8) is 0 Å². The van der Waals surface area contributed by atoms with Crippen molar-refractivity contribution in [1.82, 2.24) is 5.16 Å². The molecule has 19 heavy (non-hydrogen) atoms. The third-order valence-electron chi connectivity index (χ3n) is 3.04. The van der Waals surface area contributed by atoms with Crippen molar-refractivity contribution in [3.8, 4) is 5.75 Å². The number of hydrogen-bond acceptors (Lipinski definition) is 4. The molecule has 1 unspecified atom stereocenters. The van der Waals surface area contributed by atoms with E-state index in [1.165, 1.54) is 5.56 Å². The summed E-state index contributed by atoms with van der Waals surface area (Å²) in [5.74, 6) is 1.89. The Balaban J connectivity index is 2.11. The Hall–Kier alpha value is -1.81. The van der Waals surface area contributed by atoms with Crippen molar-refractivity contribution in [2.24, 2.45) is 5.73 Å². The van der Waals surface area contributed by atoms with Crippen LogP contribution in [0.3, 0.4) is 0 Å². The number of aryl methyl sites for hydroxylation is 1. The fourth-order valence-corrected chi connectivity index (χ4v) is 2.10. The molecule has 0 aliphatic rings. The summed E-state index contributed by atoms with van der Waals surface area (Å²) in [4.78, 5) is 0. The van der Waals surface area contributed by atoms with Crippen LogP contribution in [0.5, 0.6) is 5.75 Å². The second-order valence-corrected chi connectivity index (χ2v) is 4.58. The van der Waals surface area contributed by atoms with Crippen molar-refractivity contribution >= 4 is 0 Å². The number of nitrogens with zero attached hydrogens (tertiary/aromatic N) is 1. The van der Waals surface area contributed by atoms with Gasteiger partial charge < -0.3 is 15.0 Å². The Kier molecular flexibility index (Phi) is 4.58. The van der Waals surface area contributed by atoms with Gasteiger partial charge in [0.25, 0.3) is 0 Å². The predicted molar refractivity (Wildman–Crippen MR) is 74.4 cm³/mol. The lowest BCUT2D eigenvalue weighted by Gasteiger charge is -2.12. The molecule has 0 spiro atoms. The Bertz CT molecular complexity index is 522. The maximum absolute atomic E-state index is 5.85. The van der Waals surface area contributed by atoms with Gasteiger partial charge in [-0.05, 0) is 38.0 Å². The Morgan fingerprint density at radius 1 is 1.37 bits per heavy atom. The van der Waals surface area contributed by atoms with Gasteiger partial charge in [0.1, 0.15) is 11.5 Å². The molecule has 102 valence electrons. The predicted octanol–water partition coefficient (Wildman–Crippen LogP) is 2.67. The molecule has 0 radical (unpaired) electrons. The van der Waals surface area contributed by atoms with Crippen LogP contribution >= 0.6 is 0 Å². The van der Waals surface area contributed by atoms with Crippen LogP contribution < -0.4 is 10.5 Å². The minimum atomic E-state index is 0.175. The average Bonchev–Trinajstić information content (AvgIpc) is 2.83. The number of aromatic nitrogens is 1. The van der Waals surface area contributed by atoms with Gasteiger partial charge in [0, 0.05) is 18.5 Å². The zero-order chi connectivity index (χ0) is 13.7. The first-order valence-corrected chi connectivity index (χ1v) is 6.58. The highest BCUT2D eigenvalue weighted by atomic mass is 16.5. The molecular formula is C15H20N2O2. The number of rotatable bonds is 6. The van der Waals surface area contributed by atoms with E-state index in [1.54, 1.807) is 0 Å². The Morgan fingerprint density at radius 3 is 2.84 bits per heavy atom. The van der Waals surface area contributed by atoms with Crippen LogP contribution in [-0.2, 0) is 6.42 Å². The molecule has 1 heterocycles. The van der Waals surface area contributed by atoms with Gasteiger partial charge in [-0.3, -0.25) is 0 Å². The van der Waals surface area contributed by atoms with Crippen LogP contribution in [0.15, 0.2) is 34.9 Å². The monoisotopic (exact) mass is 260 g/mol. The number of benzene rings is 1. The quantitative estimate of drug-likeness (QED) is 0.867. The third kappa shape index (κ3) is 3.58. The highest BCUT2D eigenvalue weighted by Crippen LogP contribution is 2.22. The summed E-state index contributed by atoms with van der Waals surface area (Å²) in [6.45, 7) is 5.09. The first-order chi connectivity index (χ1) is 9.22. The van der Waals surface area contributed by atoms with Crippen molar-refractivity contribution in [2.75, 3.05) is 13.2 Å². The van der Waals surface area contributed by atoms with E-state index in [4.69, 9.17) is 15.0 Å². The molecule has 1 aromatic carbocycles. The lowest BCUT2D eigenvalue weighted by atomic mass is 9.96. The minimum Gasteiger partial charge on any atom is -0.494 e. The average molecular weight is 260 g/mol. The van der Waals surface area contributed by atoms with E-state index in [1.807, 2.05) is 32.0 Å². The molecule has 2 rings (SSSR count). The van der Waals surface area contributed by atoms with E-state index >= 15 is 0 Å². The lowest BCUT2D eigenvalue weighted by molar-refractivity contribution is 0.340. The van der Waals surface area contributed by atoms with Crippen molar-refractivity contribution < 1.29 is 9.26 Å². The molecule has 1 atom stereocenters. The fourth-order valence-electron chi connectivity index (χ4n) is 2.10. The van der Waals surface area contributed by atoms with Gasteiger partial charge >= 0.3 is 0 Å². The molecule has 0 aliphatic carbocycles. The number of hydrogen-bond donors (Lipinski definition) is 1. The topological polar surface area (TPSA) is 61.3 Å². The summed E-state index contributed by atoms with van der Waals surface area (Å²) in [5.41, 5.74) is 7.96. The van der Waals surface area contributed by atoms with E-state index in [2.05, 4.69) is 17.3 Å². The minimum absolute atomic E-state index is 0.175. The van der Waals surface area contributed by atoms with Crippen LogP contribution in [0.1, 0.15) is 29.9 Å². The van der Waals surface area contributed by atoms with Crippen LogP contribution in [0.25, 0.3) is 0 Å². The molecule has 2 N–H and O–H groups in total. The van der Waals surface area contributed by atoms with Gasteiger partial charge in [0.15, 0.2) is 0 Å². The maximum atomic E-state index is 5.85. The van der Waals surface area contributed by atoms with E-state index in [9.17, 15) is 0 Å². The SMILES string of the molecule is CCOc1cccc(CC(CN)c2cc(C)on2)c1. The molecule has 4 nitrogen and oxygen atoms in total. The van der Waals surface area contributed by atoms with E-state index in [0.717, 1.165) is 23.6 Å². The molecule has 0 fully saturated rings. The summed E-state index contributed by atoms with van der Waals surface area (Å²) in [7, 11) is 0. The normalized spacial score (nSPS) is 12.4. The highest BCUT2D eigenvalue weighted by Gasteiger charge is 2.15. The summed E-state index contributed by atoms with van der Waals surface area (Å²) in [6, 6.07) is 10.0. The largest absolute Gasteiger partial charge is 0.494 e. The maximum Gasteiger partial charge on any atom is 0.133 e. The molecular weight excluding hydrogens is 240 g/mol. The summed E-state index contributed by atoms with van der Waals surface area (Å²) < 4.78 is 10.6. The zero-order valence-electron chi connectivity index (χ0n) is 11.4. The van der Waals surface area contributed by atoms with Crippen molar-refractivity contribution in [3.05, 3.63) is 47.3 Å². The highest BCUT2D eigenvalue weighted by molar-refractivity contribution is 5.30. The summed E-state index contributed by atoms with van der Waals surface area (Å²) >= 11 is 0. The van der Waals surface area contributed by atoms with Gasteiger partial charge in [-0.2, -0.15) is 0 Å². The van der Waals surface area contributed by atoms with E-state index in [0.29, 0.717) is 13.2 Å². The molecule has 0 saturated carbocycles. The zero-order valence-corrected chi connectivity index (χ0v) is 11.4. The van der Waals surface area contributed by atoms with Crippen molar-refractivity contribution in [2.45, 2.75) is 26.2 Å². The Morgan fingerprint density at radius 2 is 2.21 bits per heavy atom. The van der Waals surface area contributed by atoms with Crippen LogP contribution in [-0.4, -0.2) is 18.3 Å². The van der Waals surface area contributed by atoms with Gasteiger partial charge in [0.05, 0.1) is 12.3 Å². The first-order valence-electron chi connectivity index (χ1n) is 6.58.